The Balaban J connectivity index is 1.74. The predicted octanol–water partition coefficient (Wildman–Crippen LogP) is 4.39. The minimum absolute atomic E-state index is 0.159. The van der Waals surface area contributed by atoms with E-state index in [1.54, 1.807) is 13.0 Å². The maximum atomic E-state index is 11.0. The van der Waals surface area contributed by atoms with Crippen LogP contribution in [0.1, 0.15) is 35.4 Å². The number of nitro groups is 1. The van der Waals surface area contributed by atoms with Crippen molar-refractivity contribution in [1.29, 1.82) is 0 Å². The molecule has 2 aromatic rings. The van der Waals surface area contributed by atoms with Gasteiger partial charge in [-0.1, -0.05) is 30.3 Å². The molecule has 0 bridgehead atoms. The summed E-state index contributed by atoms with van der Waals surface area (Å²) in [5, 5.41) is 14.3. The molecule has 4 heteroatoms. The Morgan fingerprint density at radius 1 is 1.24 bits per heavy atom. The lowest BCUT2D eigenvalue weighted by Crippen LogP contribution is -2.03. The molecule has 0 amide bonds. The first-order valence-corrected chi connectivity index (χ1v) is 7.22. The Hall–Kier alpha value is -2.36. The zero-order valence-electron chi connectivity index (χ0n) is 12.0. The molecule has 1 N–H and O–H groups in total. The van der Waals surface area contributed by atoms with Crippen molar-refractivity contribution < 1.29 is 4.92 Å². The molecule has 0 aliphatic heterocycles. The fourth-order valence-electron chi connectivity index (χ4n) is 2.58. The van der Waals surface area contributed by atoms with Crippen molar-refractivity contribution in [2.75, 3.05) is 5.32 Å². The number of nitrogens with zero attached hydrogens (tertiary/aromatic N) is 1. The summed E-state index contributed by atoms with van der Waals surface area (Å²) in [6, 6.07) is 13.7. The summed E-state index contributed by atoms with van der Waals surface area (Å²) >= 11 is 0. The van der Waals surface area contributed by atoms with Gasteiger partial charge in [-0.15, -0.1) is 0 Å². The third kappa shape index (κ3) is 3.05. The van der Waals surface area contributed by atoms with Gasteiger partial charge in [0.2, 0.25) is 0 Å². The second-order valence-electron chi connectivity index (χ2n) is 5.58. The highest BCUT2D eigenvalue weighted by Crippen LogP contribution is 2.40. The van der Waals surface area contributed by atoms with Gasteiger partial charge in [-0.2, -0.15) is 0 Å². The summed E-state index contributed by atoms with van der Waals surface area (Å²) in [5.74, 6) is 0.740. The molecule has 3 rings (SSSR count). The minimum Gasteiger partial charge on any atom is -0.381 e. The Morgan fingerprint density at radius 3 is 2.71 bits per heavy atom. The summed E-state index contributed by atoms with van der Waals surface area (Å²) in [5.41, 5.74) is 4.28. The number of hydrogen-bond donors (Lipinski definition) is 1. The molecular weight excluding hydrogens is 264 g/mol. The average Bonchev–Trinajstić information content (AvgIpc) is 3.31. The summed E-state index contributed by atoms with van der Waals surface area (Å²) in [6.07, 6.45) is 2.59. The van der Waals surface area contributed by atoms with E-state index in [4.69, 9.17) is 0 Å². The van der Waals surface area contributed by atoms with Crippen LogP contribution in [0.25, 0.3) is 0 Å². The molecule has 2 aromatic carbocycles. The predicted molar refractivity (Wildman–Crippen MR) is 83.6 cm³/mol. The van der Waals surface area contributed by atoms with E-state index in [0.29, 0.717) is 12.1 Å². The van der Waals surface area contributed by atoms with Gasteiger partial charge in [0.1, 0.15) is 0 Å². The first kappa shape index (κ1) is 13.6. The first-order chi connectivity index (χ1) is 10.1. The SMILES string of the molecule is Cc1c(NCc2cccc(C3CC3)c2)cccc1[N+](=O)[O-]. The Morgan fingerprint density at radius 2 is 2.00 bits per heavy atom. The standard InChI is InChI=1S/C17H18N2O2/c1-12-16(6-3-7-17(12)19(20)21)18-11-13-4-2-5-15(10-13)14-8-9-14/h2-7,10,14,18H,8-9,11H2,1H3. The highest BCUT2D eigenvalue weighted by molar-refractivity contribution is 5.59. The van der Waals surface area contributed by atoms with Gasteiger partial charge in [0.25, 0.3) is 5.69 Å². The first-order valence-electron chi connectivity index (χ1n) is 7.22. The summed E-state index contributed by atoms with van der Waals surface area (Å²) in [7, 11) is 0. The van der Waals surface area contributed by atoms with Crippen molar-refractivity contribution in [1.82, 2.24) is 0 Å². The van der Waals surface area contributed by atoms with Crippen molar-refractivity contribution in [2.24, 2.45) is 0 Å². The molecule has 21 heavy (non-hydrogen) atoms. The number of benzene rings is 2. The molecule has 0 unspecified atom stereocenters. The van der Waals surface area contributed by atoms with Gasteiger partial charge in [0.15, 0.2) is 0 Å². The molecule has 0 radical (unpaired) electrons. The average molecular weight is 282 g/mol. The smallest absolute Gasteiger partial charge is 0.274 e. The number of anilines is 1. The Labute approximate surface area is 124 Å². The van der Waals surface area contributed by atoms with Crippen LogP contribution >= 0.6 is 0 Å². The maximum Gasteiger partial charge on any atom is 0.274 e. The normalized spacial score (nSPS) is 14.0. The molecule has 0 spiro atoms. The van der Waals surface area contributed by atoms with Gasteiger partial charge in [-0.25, -0.2) is 0 Å². The highest BCUT2D eigenvalue weighted by atomic mass is 16.6. The molecule has 0 atom stereocenters. The fraction of sp³-hybridized carbons (Fsp3) is 0.294. The van der Waals surface area contributed by atoms with Crippen LogP contribution in [0.3, 0.4) is 0 Å². The van der Waals surface area contributed by atoms with Gasteiger partial charge < -0.3 is 5.32 Å². The van der Waals surface area contributed by atoms with E-state index < -0.39 is 0 Å². The summed E-state index contributed by atoms with van der Waals surface area (Å²) in [4.78, 5) is 10.6. The van der Waals surface area contributed by atoms with Crippen LogP contribution in [0.4, 0.5) is 11.4 Å². The zero-order chi connectivity index (χ0) is 14.8. The van der Waals surface area contributed by atoms with Crippen LogP contribution in [0.2, 0.25) is 0 Å². The van der Waals surface area contributed by atoms with E-state index in [1.165, 1.54) is 30.0 Å². The number of nitrogens with one attached hydrogen (secondary N) is 1. The lowest BCUT2D eigenvalue weighted by molar-refractivity contribution is -0.385. The monoisotopic (exact) mass is 282 g/mol. The lowest BCUT2D eigenvalue weighted by Gasteiger charge is -2.10. The van der Waals surface area contributed by atoms with Crippen LogP contribution in [0, 0.1) is 17.0 Å². The molecular formula is C17H18N2O2. The Kier molecular flexibility index (Phi) is 3.60. The largest absolute Gasteiger partial charge is 0.381 e. The van der Waals surface area contributed by atoms with E-state index in [0.717, 1.165) is 11.6 Å². The van der Waals surface area contributed by atoms with Gasteiger partial charge >= 0.3 is 0 Å². The third-order valence-corrected chi connectivity index (χ3v) is 3.98. The number of hydrogen-bond acceptors (Lipinski definition) is 3. The molecule has 0 saturated heterocycles. The van der Waals surface area contributed by atoms with Crippen LogP contribution in [0.5, 0.6) is 0 Å². The van der Waals surface area contributed by atoms with Crippen LogP contribution in [-0.4, -0.2) is 4.92 Å². The van der Waals surface area contributed by atoms with Gasteiger partial charge in [0.05, 0.1) is 4.92 Å². The third-order valence-electron chi connectivity index (χ3n) is 3.98. The molecule has 1 aliphatic rings. The zero-order valence-corrected chi connectivity index (χ0v) is 12.0. The Bertz CT molecular complexity index is 678. The molecule has 4 nitrogen and oxygen atoms in total. The fourth-order valence-corrected chi connectivity index (χ4v) is 2.58. The van der Waals surface area contributed by atoms with Crippen molar-refractivity contribution in [3.63, 3.8) is 0 Å². The number of rotatable bonds is 5. The van der Waals surface area contributed by atoms with Crippen LogP contribution in [-0.2, 0) is 6.54 Å². The topological polar surface area (TPSA) is 55.2 Å². The second-order valence-corrected chi connectivity index (χ2v) is 5.58. The van der Waals surface area contributed by atoms with E-state index in [-0.39, 0.29) is 10.6 Å². The molecule has 0 aromatic heterocycles. The van der Waals surface area contributed by atoms with E-state index in [1.807, 2.05) is 6.07 Å². The van der Waals surface area contributed by atoms with Crippen LogP contribution < -0.4 is 5.32 Å². The van der Waals surface area contributed by atoms with Crippen molar-refractivity contribution in [3.8, 4) is 0 Å². The van der Waals surface area contributed by atoms with Crippen molar-refractivity contribution in [3.05, 3.63) is 69.3 Å². The molecule has 1 aliphatic carbocycles. The molecule has 108 valence electrons. The van der Waals surface area contributed by atoms with Crippen molar-refractivity contribution >= 4 is 11.4 Å². The van der Waals surface area contributed by atoms with E-state index >= 15 is 0 Å². The minimum atomic E-state index is -0.339. The molecule has 1 saturated carbocycles. The number of nitro benzene ring substituents is 1. The molecule has 1 fully saturated rings. The van der Waals surface area contributed by atoms with Gasteiger partial charge in [-0.05, 0) is 42.9 Å². The van der Waals surface area contributed by atoms with Gasteiger partial charge in [0, 0.05) is 23.9 Å². The summed E-state index contributed by atoms with van der Waals surface area (Å²) in [6.45, 7) is 2.46. The lowest BCUT2D eigenvalue weighted by atomic mass is 10.1. The highest BCUT2D eigenvalue weighted by Gasteiger charge is 2.23. The van der Waals surface area contributed by atoms with Crippen LogP contribution in [0.15, 0.2) is 42.5 Å². The van der Waals surface area contributed by atoms with E-state index in [2.05, 4.69) is 29.6 Å². The van der Waals surface area contributed by atoms with Gasteiger partial charge in [-0.3, -0.25) is 10.1 Å². The second kappa shape index (κ2) is 5.56. The quantitative estimate of drug-likeness (QED) is 0.653. The summed E-state index contributed by atoms with van der Waals surface area (Å²) < 4.78 is 0. The van der Waals surface area contributed by atoms with Crippen molar-refractivity contribution in [2.45, 2.75) is 32.2 Å². The van der Waals surface area contributed by atoms with E-state index in [9.17, 15) is 10.1 Å². The molecule has 0 heterocycles. The maximum absolute atomic E-state index is 11.0.